The Kier molecular flexibility index (Phi) is 7.82. The average Bonchev–Trinajstić information content (AvgIpc) is 2.76. The molecule has 7 nitrogen and oxygen atoms in total. The van der Waals surface area contributed by atoms with Crippen LogP contribution in [0.2, 0.25) is 0 Å². The molecule has 2 N–H and O–H groups in total. The largest absolute Gasteiger partial charge is 0.497 e. The van der Waals surface area contributed by atoms with E-state index in [1.807, 2.05) is 49.4 Å². The molecule has 0 saturated carbocycles. The molecule has 2 aromatic carbocycles. The van der Waals surface area contributed by atoms with Crippen molar-refractivity contribution in [2.24, 2.45) is 0 Å². The molecule has 0 spiro atoms. The first-order chi connectivity index (χ1) is 14.6. The van der Waals surface area contributed by atoms with Gasteiger partial charge in [0.1, 0.15) is 11.8 Å². The summed E-state index contributed by atoms with van der Waals surface area (Å²) >= 11 is 0. The number of ether oxygens (including phenoxy) is 1. The van der Waals surface area contributed by atoms with Gasteiger partial charge in [-0.05, 0) is 30.2 Å². The van der Waals surface area contributed by atoms with Gasteiger partial charge in [0.25, 0.3) is 0 Å². The lowest BCUT2D eigenvalue weighted by molar-refractivity contribution is -0.126. The highest BCUT2D eigenvalue weighted by atomic mass is 16.5. The molecule has 3 amide bonds. The SMILES string of the molecule is CCNC(=O)NC(=O)[C@H](c1ccccc1)N1CCN(Cc2ccc(OC)cc2)CC1. The van der Waals surface area contributed by atoms with Crippen LogP contribution < -0.4 is 15.4 Å². The van der Waals surface area contributed by atoms with E-state index >= 15 is 0 Å². The van der Waals surface area contributed by atoms with Crippen LogP contribution in [-0.4, -0.2) is 61.6 Å². The molecule has 0 aromatic heterocycles. The molecular weight excluding hydrogens is 380 g/mol. The first-order valence-electron chi connectivity index (χ1n) is 10.3. The summed E-state index contributed by atoms with van der Waals surface area (Å²) in [5.74, 6) is 0.558. The summed E-state index contributed by atoms with van der Waals surface area (Å²) in [7, 11) is 1.67. The van der Waals surface area contributed by atoms with E-state index < -0.39 is 12.1 Å². The normalized spacial score (nSPS) is 15.9. The summed E-state index contributed by atoms with van der Waals surface area (Å²) in [6.07, 6.45) is 0. The lowest BCUT2D eigenvalue weighted by atomic mass is 10.0. The van der Waals surface area contributed by atoms with Crippen LogP contribution in [0.4, 0.5) is 4.79 Å². The molecule has 1 aliphatic heterocycles. The van der Waals surface area contributed by atoms with E-state index in [4.69, 9.17) is 4.74 Å². The van der Waals surface area contributed by atoms with E-state index in [1.54, 1.807) is 7.11 Å². The van der Waals surface area contributed by atoms with E-state index in [9.17, 15) is 9.59 Å². The van der Waals surface area contributed by atoms with Gasteiger partial charge in [0, 0.05) is 39.3 Å². The van der Waals surface area contributed by atoms with Crippen LogP contribution in [0.25, 0.3) is 0 Å². The Balaban J connectivity index is 1.64. The molecular formula is C23H30N4O3. The lowest BCUT2D eigenvalue weighted by Gasteiger charge is -2.38. The highest BCUT2D eigenvalue weighted by Gasteiger charge is 2.31. The molecule has 0 unspecified atom stereocenters. The van der Waals surface area contributed by atoms with Crippen molar-refractivity contribution in [3.05, 3.63) is 65.7 Å². The quantitative estimate of drug-likeness (QED) is 0.733. The second kappa shape index (κ2) is 10.8. The zero-order valence-electron chi connectivity index (χ0n) is 17.6. The maximum absolute atomic E-state index is 12.9. The highest BCUT2D eigenvalue weighted by Crippen LogP contribution is 2.23. The van der Waals surface area contributed by atoms with Crippen molar-refractivity contribution in [1.82, 2.24) is 20.4 Å². The number of rotatable bonds is 7. The highest BCUT2D eigenvalue weighted by molar-refractivity contribution is 5.97. The fraction of sp³-hybridized carbons (Fsp3) is 0.391. The number of amides is 3. The Hall–Kier alpha value is -2.90. The van der Waals surface area contributed by atoms with Crippen LogP contribution in [0.3, 0.4) is 0 Å². The summed E-state index contributed by atoms with van der Waals surface area (Å²) in [5, 5.41) is 5.10. The summed E-state index contributed by atoms with van der Waals surface area (Å²) < 4.78 is 5.22. The topological polar surface area (TPSA) is 73.9 Å². The predicted molar refractivity (Wildman–Crippen MR) is 116 cm³/mol. The number of nitrogens with zero attached hydrogens (tertiary/aromatic N) is 2. The van der Waals surface area contributed by atoms with Gasteiger partial charge in [-0.25, -0.2) is 4.79 Å². The van der Waals surface area contributed by atoms with Crippen LogP contribution in [0.15, 0.2) is 54.6 Å². The van der Waals surface area contributed by atoms with Gasteiger partial charge in [0.2, 0.25) is 5.91 Å². The molecule has 3 rings (SSSR count). The first kappa shape index (κ1) is 21.8. The molecule has 30 heavy (non-hydrogen) atoms. The standard InChI is InChI=1S/C23H30N4O3/c1-3-24-23(29)25-22(28)21(19-7-5-4-6-8-19)27-15-13-26(14-16-27)17-18-9-11-20(30-2)12-10-18/h4-12,21H,3,13-17H2,1-2H3,(H2,24,25,28,29)/t21-/m0/s1. The van der Waals surface area contributed by atoms with E-state index in [2.05, 4.69) is 32.6 Å². The number of carbonyl (C=O) groups is 2. The Morgan fingerprint density at radius 1 is 1.00 bits per heavy atom. The van der Waals surface area contributed by atoms with E-state index in [0.717, 1.165) is 44.0 Å². The third kappa shape index (κ3) is 5.81. The van der Waals surface area contributed by atoms with Gasteiger partial charge >= 0.3 is 6.03 Å². The molecule has 2 aromatic rings. The molecule has 1 fully saturated rings. The number of benzene rings is 2. The van der Waals surface area contributed by atoms with Gasteiger partial charge in [-0.1, -0.05) is 42.5 Å². The van der Waals surface area contributed by atoms with E-state index in [0.29, 0.717) is 6.54 Å². The minimum Gasteiger partial charge on any atom is -0.497 e. The Morgan fingerprint density at radius 3 is 2.27 bits per heavy atom. The van der Waals surface area contributed by atoms with Crippen molar-refractivity contribution < 1.29 is 14.3 Å². The van der Waals surface area contributed by atoms with E-state index in [-0.39, 0.29) is 5.91 Å². The third-order valence-electron chi connectivity index (χ3n) is 5.27. The van der Waals surface area contributed by atoms with Gasteiger partial charge in [-0.3, -0.25) is 19.9 Å². The number of methoxy groups -OCH3 is 1. The summed E-state index contributed by atoms with van der Waals surface area (Å²) in [6.45, 7) is 6.35. The minimum atomic E-state index is -0.489. The smallest absolute Gasteiger partial charge is 0.321 e. The van der Waals surface area contributed by atoms with Gasteiger partial charge in [-0.2, -0.15) is 0 Å². The number of hydrogen-bond donors (Lipinski definition) is 2. The molecule has 1 aliphatic rings. The zero-order chi connectivity index (χ0) is 21.3. The van der Waals surface area contributed by atoms with Crippen molar-refractivity contribution in [1.29, 1.82) is 0 Å². The molecule has 1 atom stereocenters. The van der Waals surface area contributed by atoms with Crippen molar-refractivity contribution in [2.75, 3.05) is 39.8 Å². The fourth-order valence-corrected chi connectivity index (χ4v) is 3.72. The van der Waals surface area contributed by atoms with E-state index in [1.165, 1.54) is 5.56 Å². The third-order valence-corrected chi connectivity index (χ3v) is 5.27. The van der Waals surface area contributed by atoms with Gasteiger partial charge in [0.05, 0.1) is 7.11 Å². The maximum atomic E-state index is 12.9. The van der Waals surface area contributed by atoms with Crippen LogP contribution >= 0.6 is 0 Å². The summed E-state index contributed by atoms with van der Waals surface area (Å²) in [6, 6.07) is 16.8. The monoisotopic (exact) mass is 410 g/mol. The Labute approximate surface area is 178 Å². The van der Waals surface area contributed by atoms with Crippen molar-refractivity contribution >= 4 is 11.9 Å². The van der Waals surface area contributed by atoms with Crippen LogP contribution in [0.5, 0.6) is 5.75 Å². The summed E-state index contributed by atoms with van der Waals surface area (Å²) in [5.41, 5.74) is 2.13. The molecule has 0 radical (unpaired) electrons. The number of imide groups is 1. The number of hydrogen-bond acceptors (Lipinski definition) is 5. The number of nitrogens with one attached hydrogen (secondary N) is 2. The van der Waals surface area contributed by atoms with Crippen molar-refractivity contribution in [3.8, 4) is 5.75 Å². The predicted octanol–water partition coefficient (Wildman–Crippen LogP) is 2.40. The molecule has 0 aliphatic carbocycles. The van der Waals surface area contributed by atoms with Crippen LogP contribution in [-0.2, 0) is 11.3 Å². The van der Waals surface area contributed by atoms with Crippen LogP contribution in [0, 0.1) is 0 Å². The molecule has 1 saturated heterocycles. The second-order valence-corrected chi connectivity index (χ2v) is 7.32. The number of piperazine rings is 1. The van der Waals surface area contributed by atoms with Gasteiger partial charge in [0.15, 0.2) is 0 Å². The molecule has 1 heterocycles. The minimum absolute atomic E-state index is 0.296. The summed E-state index contributed by atoms with van der Waals surface area (Å²) in [4.78, 5) is 29.3. The molecule has 0 bridgehead atoms. The first-order valence-corrected chi connectivity index (χ1v) is 10.3. The average molecular weight is 411 g/mol. The fourth-order valence-electron chi connectivity index (χ4n) is 3.72. The van der Waals surface area contributed by atoms with Gasteiger partial charge < -0.3 is 10.1 Å². The van der Waals surface area contributed by atoms with Crippen LogP contribution in [0.1, 0.15) is 24.1 Å². The second-order valence-electron chi connectivity index (χ2n) is 7.32. The Morgan fingerprint density at radius 2 is 1.67 bits per heavy atom. The van der Waals surface area contributed by atoms with Crippen molar-refractivity contribution in [3.63, 3.8) is 0 Å². The Bertz CT molecular complexity index is 818. The lowest BCUT2D eigenvalue weighted by Crippen LogP contribution is -2.52. The van der Waals surface area contributed by atoms with Crippen molar-refractivity contribution in [2.45, 2.75) is 19.5 Å². The number of carbonyl (C=O) groups excluding carboxylic acids is 2. The maximum Gasteiger partial charge on any atom is 0.321 e. The van der Waals surface area contributed by atoms with Gasteiger partial charge in [-0.15, -0.1) is 0 Å². The number of urea groups is 1. The molecule has 160 valence electrons. The molecule has 7 heteroatoms. The zero-order valence-corrected chi connectivity index (χ0v) is 17.6.